The molecule has 112 valence electrons. The van der Waals surface area contributed by atoms with Crippen molar-refractivity contribution in [2.75, 3.05) is 39.3 Å². The number of methoxy groups -OCH3 is 1. The van der Waals surface area contributed by atoms with E-state index >= 15 is 0 Å². The van der Waals surface area contributed by atoms with Gasteiger partial charge in [-0.25, -0.2) is 0 Å². The maximum atomic E-state index is 11.6. The Morgan fingerprint density at radius 2 is 2.00 bits per heavy atom. The lowest BCUT2D eigenvalue weighted by Gasteiger charge is -2.13. The third-order valence-electron chi connectivity index (χ3n) is 2.57. The van der Waals surface area contributed by atoms with Gasteiger partial charge in [0.15, 0.2) is 11.5 Å². The number of hydrogen-bond acceptors (Lipinski definition) is 5. The zero-order valence-electron chi connectivity index (χ0n) is 11.8. The zero-order chi connectivity index (χ0) is 15.0. The van der Waals surface area contributed by atoms with Gasteiger partial charge in [-0.2, -0.15) is 0 Å². The second-order valence-corrected chi connectivity index (χ2v) is 5.15. The van der Waals surface area contributed by atoms with Crippen LogP contribution in [0.15, 0.2) is 16.6 Å². The first kappa shape index (κ1) is 16.9. The van der Waals surface area contributed by atoms with Gasteiger partial charge in [-0.1, -0.05) is 15.9 Å². The van der Waals surface area contributed by atoms with E-state index in [1.807, 2.05) is 0 Å². The molecule has 2 N–H and O–H groups in total. The summed E-state index contributed by atoms with van der Waals surface area (Å²) in [6.07, 6.45) is 0.719. The molecule has 0 heterocycles. The second-order valence-electron chi connectivity index (χ2n) is 4.24. The summed E-state index contributed by atoms with van der Waals surface area (Å²) in [6.45, 7) is 3.65. The first-order valence-electron chi connectivity index (χ1n) is 6.35. The van der Waals surface area contributed by atoms with Gasteiger partial charge in [-0.15, -0.1) is 0 Å². The maximum absolute atomic E-state index is 11.6. The summed E-state index contributed by atoms with van der Waals surface area (Å²) >= 11 is 3.31. The number of ether oxygens (including phenoxy) is 3. The van der Waals surface area contributed by atoms with Crippen molar-refractivity contribution in [2.45, 2.75) is 13.3 Å². The summed E-state index contributed by atoms with van der Waals surface area (Å²) in [7, 11) is 1.63. The number of rotatable bonds is 9. The van der Waals surface area contributed by atoms with Crippen LogP contribution in [-0.2, 0) is 9.47 Å². The van der Waals surface area contributed by atoms with Crippen molar-refractivity contribution in [3.05, 3.63) is 22.2 Å². The number of benzene rings is 1. The van der Waals surface area contributed by atoms with Gasteiger partial charge in [0.2, 0.25) is 0 Å². The fraction of sp³-hybridized carbons (Fsp3) is 0.500. The average Bonchev–Trinajstić information content (AvgIpc) is 2.39. The van der Waals surface area contributed by atoms with E-state index in [4.69, 9.17) is 19.9 Å². The monoisotopic (exact) mass is 345 g/mol. The van der Waals surface area contributed by atoms with Crippen LogP contribution in [0.5, 0.6) is 5.75 Å². The molecule has 0 aliphatic rings. The highest BCUT2D eigenvalue weighted by Crippen LogP contribution is 2.31. The van der Waals surface area contributed by atoms with Crippen molar-refractivity contribution in [3.8, 4) is 5.75 Å². The number of carbonyl (C=O) groups is 1. The summed E-state index contributed by atoms with van der Waals surface area (Å²) in [5, 5.41) is 0. The van der Waals surface area contributed by atoms with E-state index in [1.165, 1.54) is 6.92 Å². The lowest BCUT2D eigenvalue weighted by Crippen LogP contribution is -2.09. The molecule has 0 saturated heterocycles. The smallest absolute Gasteiger partial charge is 0.163 e. The van der Waals surface area contributed by atoms with Crippen LogP contribution in [0, 0.1) is 0 Å². The van der Waals surface area contributed by atoms with E-state index in [2.05, 4.69) is 15.9 Å². The number of nitrogens with two attached hydrogens (primary N) is 1. The molecular formula is C14H20BrNO4. The molecule has 20 heavy (non-hydrogen) atoms. The Morgan fingerprint density at radius 1 is 1.25 bits per heavy atom. The van der Waals surface area contributed by atoms with Gasteiger partial charge in [-0.3, -0.25) is 4.79 Å². The molecule has 1 rings (SSSR count). The number of Topliss-reactive ketones (excluding diaryl/α,β-unsaturated/α-hetero) is 1. The summed E-state index contributed by atoms with van der Waals surface area (Å²) in [5.41, 5.74) is 6.82. The van der Waals surface area contributed by atoms with Gasteiger partial charge < -0.3 is 19.9 Å². The normalized spacial score (nSPS) is 10.6. The molecule has 0 amide bonds. The largest absolute Gasteiger partial charge is 0.491 e. The van der Waals surface area contributed by atoms with Crippen LogP contribution in [0.4, 0.5) is 5.69 Å². The van der Waals surface area contributed by atoms with Crippen molar-refractivity contribution in [1.82, 2.24) is 0 Å². The molecule has 1 aromatic carbocycles. The lowest BCUT2D eigenvalue weighted by molar-refractivity contribution is 0.0644. The molecule has 0 aliphatic heterocycles. The minimum atomic E-state index is -0.0793. The first-order chi connectivity index (χ1) is 9.56. The van der Waals surface area contributed by atoms with Gasteiger partial charge in [-0.05, 0) is 19.1 Å². The van der Waals surface area contributed by atoms with Crippen LogP contribution in [0.2, 0.25) is 0 Å². The van der Waals surface area contributed by atoms with Gasteiger partial charge >= 0.3 is 0 Å². The SMILES string of the molecule is COCCOCCCOc1c(N)cc(Br)cc1C(C)=O. The van der Waals surface area contributed by atoms with Crippen LogP contribution in [-0.4, -0.2) is 39.3 Å². The Hall–Kier alpha value is -1.11. The summed E-state index contributed by atoms with van der Waals surface area (Å²) in [6, 6.07) is 3.43. The minimum Gasteiger partial charge on any atom is -0.491 e. The third kappa shape index (κ3) is 5.48. The van der Waals surface area contributed by atoms with E-state index in [-0.39, 0.29) is 5.78 Å². The van der Waals surface area contributed by atoms with Crippen molar-refractivity contribution < 1.29 is 19.0 Å². The summed E-state index contributed by atoms with van der Waals surface area (Å²) in [5.74, 6) is 0.363. The third-order valence-corrected chi connectivity index (χ3v) is 3.03. The Labute approximate surface area is 127 Å². The van der Waals surface area contributed by atoms with Crippen molar-refractivity contribution in [1.29, 1.82) is 0 Å². The van der Waals surface area contributed by atoms with E-state index in [1.54, 1.807) is 19.2 Å². The van der Waals surface area contributed by atoms with Crippen LogP contribution < -0.4 is 10.5 Å². The highest BCUT2D eigenvalue weighted by Gasteiger charge is 2.13. The molecule has 0 aromatic heterocycles. The fourth-order valence-corrected chi connectivity index (χ4v) is 2.09. The second kappa shape index (κ2) is 8.94. The van der Waals surface area contributed by atoms with E-state index in [9.17, 15) is 4.79 Å². The summed E-state index contributed by atoms with van der Waals surface area (Å²) in [4.78, 5) is 11.6. The quantitative estimate of drug-likeness (QED) is 0.423. The highest BCUT2D eigenvalue weighted by atomic mass is 79.9. The van der Waals surface area contributed by atoms with Crippen LogP contribution in [0.3, 0.4) is 0 Å². The van der Waals surface area contributed by atoms with Crippen molar-refractivity contribution in [3.63, 3.8) is 0 Å². The molecule has 0 radical (unpaired) electrons. The number of ketones is 1. The van der Waals surface area contributed by atoms with E-state index < -0.39 is 0 Å². The van der Waals surface area contributed by atoms with Gasteiger partial charge in [0.25, 0.3) is 0 Å². The molecule has 0 bridgehead atoms. The van der Waals surface area contributed by atoms with Gasteiger partial charge in [0.1, 0.15) is 0 Å². The molecule has 0 aliphatic carbocycles. The average molecular weight is 346 g/mol. The zero-order valence-corrected chi connectivity index (χ0v) is 13.4. The highest BCUT2D eigenvalue weighted by molar-refractivity contribution is 9.10. The number of anilines is 1. The molecule has 0 unspecified atom stereocenters. The fourth-order valence-electron chi connectivity index (χ4n) is 1.62. The summed E-state index contributed by atoms with van der Waals surface area (Å²) < 4.78 is 16.6. The van der Waals surface area contributed by atoms with Gasteiger partial charge in [0, 0.05) is 24.6 Å². The predicted octanol–water partition coefficient (Wildman–Crippen LogP) is 2.67. The molecule has 0 saturated carbocycles. The van der Waals surface area contributed by atoms with Crippen LogP contribution >= 0.6 is 15.9 Å². The lowest BCUT2D eigenvalue weighted by atomic mass is 10.1. The van der Waals surface area contributed by atoms with Crippen LogP contribution in [0.25, 0.3) is 0 Å². The Morgan fingerprint density at radius 3 is 2.65 bits per heavy atom. The molecule has 0 atom stereocenters. The molecular weight excluding hydrogens is 326 g/mol. The van der Waals surface area contributed by atoms with Gasteiger partial charge in [0.05, 0.1) is 31.1 Å². The number of nitrogen functional groups attached to an aromatic ring is 1. The first-order valence-corrected chi connectivity index (χ1v) is 7.15. The number of halogens is 1. The van der Waals surface area contributed by atoms with Crippen molar-refractivity contribution in [2.24, 2.45) is 0 Å². The molecule has 6 heteroatoms. The maximum Gasteiger partial charge on any atom is 0.163 e. The van der Waals surface area contributed by atoms with E-state index in [0.29, 0.717) is 43.4 Å². The minimum absolute atomic E-state index is 0.0793. The van der Waals surface area contributed by atoms with Crippen molar-refractivity contribution >= 4 is 27.4 Å². The molecule has 0 fully saturated rings. The molecule has 5 nitrogen and oxygen atoms in total. The van der Waals surface area contributed by atoms with E-state index in [0.717, 1.165) is 10.9 Å². The Balaban J connectivity index is 2.49. The predicted molar refractivity (Wildman–Crippen MR) is 81.4 cm³/mol. The number of hydrogen-bond donors (Lipinski definition) is 1. The topological polar surface area (TPSA) is 70.8 Å². The van der Waals surface area contributed by atoms with Crippen LogP contribution in [0.1, 0.15) is 23.7 Å². The Kier molecular flexibility index (Phi) is 7.58. The number of carbonyl (C=O) groups excluding carboxylic acids is 1. The molecule has 1 aromatic rings. The standard InChI is InChI=1S/C14H20BrNO4/c1-10(17)12-8-11(15)9-13(16)14(12)20-5-3-4-19-7-6-18-2/h8-9H,3-7,16H2,1-2H3. The Bertz CT molecular complexity index is 451. The molecule has 0 spiro atoms.